The topological polar surface area (TPSA) is 46.9 Å². The van der Waals surface area contributed by atoms with E-state index in [1.165, 1.54) is 12.1 Å². The van der Waals surface area contributed by atoms with Crippen molar-refractivity contribution < 1.29 is 9.18 Å². The zero-order chi connectivity index (χ0) is 16.9. The van der Waals surface area contributed by atoms with Crippen LogP contribution in [0.2, 0.25) is 0 Å². The maximum atomic E-state index is 13.1. The molecule has 0 radical (unpaired) electrons. The monoisotopic (exact) mass is 323 g/mol. The number of halogens is 1. The smallest absolute Gasteiger partial charge is 0.268 e. The van der Waals surface area contributed by atoms with Gasteiger partial charge in [-0.1, -0.05) is 18.2 Å². The van der Waals surface area contributed by atoms with Crippen molar-refractivity contribution in [2.75, 3.05) is 0 Å². The zero-order valence-electron chi connectivity index (χ0n) is 13.4. The van der Waals surface area contributed by atoms with Crippen LogP contribution in [0.3, 0.4) is 0 Å². The lowest BCUT2D eigenvalue weighted by Crippen LogP contribution is -2.25. The van der Waals surface area contributed by atoms with Crippen molar-refractivity contribution in [2.24, 2.45) is 0 Å². The molecule has 2 heterocycles. The van der Waals surface area contributed by atoms with Crippen molar-refractivity contribution in [1.29, 1.82) is 0 Å². The molecule has 3 aromatic rings. The van der Waals surface area contributed by atoms with Gasteiger partial charge in [-0.2, -0.15) is 0 Å². The SMILES string of the molecule is CCn1cc(-c2ccc(F)cc2)cc1C(=O)NCc1cccnc1. The number of carbonyl (C=O) groups excluding carboxylic acids is 1. The average Bonchev–Trinajstić information content (AvgIpc) is 3.05. The highest BCUT2D eigenvalue weighted by atomic mass is 19.1. The van der Waals surface area contributed by atoms with Gasteiger partial charge >= 0.3 is 0 Å². The molecule has 0 saturated heterocycles. The van der Waals surface area contributed by atoms with E-state index in [9.17, 15) is 9.18 Å². The number of aryl methyl sites for hydroxylation is 1. The summed E-state index contributed by atoms with van der Waals surface area (Å²) in [5.74, 6) is -0.419. The quantitative estimate of drug-likeness (QED) is 0.779. The third kappa shape index (κ3) is 3.51. The first-order chi connectivity index (χ1) is 11.7. The Bertz CT molecular complexity index is 826. The number of carbonyl (C=O) groups is 1. The second-order valence-electron chi connectivity index (χ2n) is 5.45. The lowest BCUT2D eigenvalue weighted by Gasteiger charge is -2.07. The van der Waals surface area contributed by atoms with Gasteiger partial charge in [0.1, 0.15) is 11.5 Å². The van der Waals surface area contributed by atoms with Crippen molar-refractivity contribution in [3.05, 3.63) is 78.1 Å². The van der Waals surface area contributed by atoms with E-state index in [0.717, 1.165) is 16.7 Å². The van der Waals surface area contributed by atoms with E-state index in [4.69, 9.17) is 0 Å². The molecule has 0 spiro atoms. The van der Waals surface area contributed by atoms with Crippen LogP contribution in [-0.4, -0.2) is 15.5 Å². The highest BCUT2D eigenvalue weighted by molar-refractivity contribution is 5.94. The summed E-state index contributed by atoms with van der Waals surface area (Å²) < 4.78 is 15.0. The van der Waals surface area contributed by atoms with Gasteiger partial charge in [0.25, 0.3) is 5.91 Å². The first kappa shape index (κ1) is 15.9. The van der Waals surface area contributed by atoms with Crippen LogP contribution in [0.5, 0.6) is 0 Å². The van der Waals surface area contributed by atoms with E-state index in [2.05, 4.69) is 10.3 Å². The Balaban J connectivity index is 1.79. The summed E-state index contributed by atoms with van der Waals surface area (Å²) in [6.45, 7) is 3.08. The molecule has 3 rings (SSSR count). The summed E-state index contributed by atoms with van der Waals surface area (Å²) in [6, 6.07) is 11.8. The number of amides is 1. The lowest BCUT2D eigenvalue weighted by atomic mass is 10.1. The van der Waals surface area contributed by atoms with Gasteiger partial charge in [-0.15, -0.1) is 0 Å². The molecule has 0 aliphatic carbocycles. The maximum absolute atomic E-state index is 13.1. The summed E-state index contributed by atoms with van der Waals surface area (Å²) in [7, 11) is 0. The van der Waals surface area contributed by atoms with Gasteiger partial charge in [-0.25, -0.2) is 4.39 Å². The maximum Gasteiger partial charge on any atom is 0.268 e. The van der Waals surface area contributed by atoms with Crippen molar-refractivity contribution in [3.63, 3.8) is 0 Å². The summed E-state index contributed by atoms with van der Waals surface area (Å²) in [6.07, 6.45) is 5.33. The molecule has 24 heavy (non-hydrogen) atoms. The number of hydrogen-bond donors (Lipinski definition) is 1. The minimum atomic E-state index is -0.275. The van der Waals surface area contributed by atoms with Crippen LogP contribution < -0.4 is 5.32 Å². The van der Waals surface area contributed by atoms with Crippen molar-refractivity contribution >= 4 is 5.91 Å². The molecule has 0 aliphatic rings. The van der Waals surface area contributed by atoms with Gasteiger partial charge in [0.15, 0.2) is 0 Å². The van der Waals surface area contributed by atoms with Gasteiger partial charge in [0.2, 0.25) is 0 Å². The molecule has 1 aromatic carbocycles. The molecule has 4 nitrogen and oxygen atoms in total. The van der Waals surface area contributed by atoms with E-state index in [-0.39, 0.29) is 11.7 Å². The molecule has 5 heteroatoms. The molecule has 122 valence electrons. The number of benzene rings is 1. The molecular formula is C19H18FN3O. The van der Waals surface area contributed by atoms with Crippen LogP contribution in [0.15, 0.2) is 61.1 Å². The van der Waals surface area contributed by atoms with E-state index < -0.39 is 0 Å². The number of nitrogens with one attached hydrogen (secondary N) is 1. The summed E-state index contributed by atoms with van der Waals surface area (Å²) in [4.78, 5) is 16.5. The van der Waals surface area contributed by atoms with Gasteiger partial charge in [-0.3, -0.25) is 9.78 Å². The molecule has 1 N–H and O–H groups in total. The lowest BCUT2D eigenvalue weighted by molar-refractivity contribution is 0.0941. The Morgan fingerprint density at radius 3 is 2.67 bits per heavy atom. The van der Waals surface area contributed by atoms with Gasteiger partial charge in [-0.05, 0) is 42.3 Å². The Morgan fingerprint density at radius 1 is 1.21 bits per heavy atom. The molecule has 2 aromatic heterocycles. The number of rotatable bonds is 5. The van der Waals surface area contributed by atoms with Crippen molar-refractivity contribution in [3.8, 4) is 11.1 Å². The van der Waals surface area contributed by atoms with E-state index in [0.29, 0.717) is 18.8 Å². The number of pyridine rings is 1. The van der Waals surface area contributed by atoms with Crippen molar-refractivity contribution in [2.45, 2.75) is 20.0 Å². The van der Waals surface area contributed by atoms with Crippen LogP contribution in [0, 0.1) is 5.82 Å². The van der Waals surface area contributed by atoms with E-state index in [1.807, 2.05) is 35.9 Å². The normalized spacial score (nSPS) is 10.6. The minimum Gasteiger partial charge on any atom is -0.347 e. The summed E-state index contributed by atoms with van der Waals surface area (Å²) >= 11 is 0. The molecule has 0 bridgehead atoms. The first-order valence-electron chi connectivity index (χ1n) is 7.80. The van der Waals surface area contributed by atoms with Gasteiger partial charge in [0, 0.05) is 37.2 Å². The molecule has 0 aliphatic heterocycles. The van der Waals surface area contributed by atoms with Gasteiger partial charge < -0.3 is 9.88 Å². The van der Waals surface area contributed by atoms with Crippen molar-refractivity contribution in [1.82, 2.24) is 14.9 Å². The molecule has 0 unspecified atom stereocenters. The second kappa shape index (κ2) is 7.08. The number of nitrogens with zero attached hydrogens (tertiary/aromatic N) is 2. The van der Waals surface area contributed by atoms with Crippen LogP contribution in [-0.2, 0) is 13.1 Å². The summed E-state index contributed by atoms with van der Waals surface area (Å²) in [5, 5.41) is 2.90. The second-order valence-corrected chi connectivity index (χ2v) is 5.45. The fraction of sp³-hybridized carbons (Fsp3) is 0.158. The zero-order valence-corrected chi connectivity index (χ0v) is 13.4. The van der Waals surface area contributed by atoms with E-state index >= 15 is 0 Å². The summed E-state index contributed by atoms with van der Waals surface area (Å²) in [5.41, 5.74) is 3.30. The molecule has 0 atom stereocenters. The Morgan fingerprint density at radius 2 is 2.00 bits per heavy atom. The van der Waals surface area contributed by atoms with Gasteiger partial charge in [0.05, 0.1) is 0 Å². The van der Waals surface area contributed by atoms with Crippen LogP contribution in [0.4, 0.5) is 4.39 Å². The van der Waals surface area contributed by atoms with Crippen LogP contribution >= 0.6 is 0 Å². The predicted molar refractivity (Wildman–Crippen MR) is 90.9 cm³/mol. The molecular weight excluding hydrogens is 305 g/mol. The van der Waals surface area contributed by atoms with Crippen LogP contribution in [0.1, 0.15) is 23.0 Å². The fourth-order valence-corrected chi connectivity index (χ4v) is 2.54. The number of aromatic nitrogens is 2. The largest absolute Gasteiger partial charge is 0.347 e. The standard InChI is InChI=1S/C19H18FN3O/c1-2-23-13-16(15-5-7-17(20)8-6-15)10-18(23)19(24)22-12-14-4-3-9-21-11-14/h3-11,13H,2,12H2,1H3,(H,22,24). The molecule has 1 amide bonds. The fourth-order valence-electron chi connectivity index (χ4n) is 2.54. The first-order valence-corrected chi connectivity index (χ1v) is 7.80. The molecule has 0 fully saturated rings. The van der Waals surface area contributed by atoms with E-state index in [1.54, 1.807) is 24.5 Å². The molecule has 0 saturated carbocycles. The highest BCUT2D eigenvalue weighted by Crippen LogP contribution is 2.22. The predicted octanol–water partition coefficient (Wildman–Crippen LogP) is 3.64. The highest BCUT2D eigenvalue weighted by Gasteiger charge is 2.14. The van der Waals surface area contributed by atoms with Crippen LogP contribution in [0.25, 0.3) is 11.1 Å². The third-order valence-electron chi connectivity index (χ3n) is 3.82. The Kier molecular flexibility index (Phi) is 4.70. The Hall–Kier alpha value is -2.95. The number of hydrogen-bond acceptors (Lipinski definition) is 2. The minimum absolute atomic E-state index is 0.144. The third-order valence-corrected chi connectivity index (χ3v) is 3.82. The average molecular weight is 323 g/mol. The Labute approximate surface area is 140 Å².